The molecule has 4 nitrogen and oxygen atoms in total. The van der Waals surface area contributed by atoms with Crippen molar-refractivity contribution in [2.45, 2.75) is 25.0 Å². The zero-order chi connectivity index (χ0) is 13.2. The molecule has 2 aliphatic rings. The molecule has 1 aromatic rings. The van der Waals surface area contributed by atoms with Crippen LogP contribution in [0.1, 0.15) is 24.5 Å². The highest BCUT2D eigenvalue weighted by Crippen LogP contribution is 2.29. The molecule has 1 saturated heterocycles. The monoisotopic (exact) mass is 370 g/mol. The van der Waals surface area contributed by atoms with Gasteiger partial charge in [0.1, 0.15) is 0 Å². The smallest absolute Gasteiger partial charge is 0.251 e. The van der Waals surface area contributed by atoms with Gasteiger partial charge in [0, 0.05) is 16.7 Å². The molecule has 2 heterocycles. The summed E-state index contributed by atoms with van der Waals surface area (Å²) < 4.78 is 6.70. The van der Waals surface area contributed by atoms with E-state index in [1.54, 1.807) is 0 Å². The van der Waals surface area contributed by atoms with Crippen LogP contribution in [0, 0.1) is 3.57 Å². The van der Waals surface area contributed by atoms with Crippen molar-refractivity contribution in [1.82, 2.24) is 4.90 Å². The van der Waals surface area contributed by atoms with E-state index in [2.05, 4.69) is 27.6 Å². The summed E-state index contributed by atoms with van der Waals surface area (Å²) in [5, 5.41) is 0. The lowest BCUT2D eigenvalue weighted by Gasteiger charge is -2.22. The summed E-state index contributed by atoms with van der Waals surface area (Å²) in [5.41, 5.74) is 1.01. The molecule has 0 aliphatic carbocycles. The van der Waals surface area contributed by atoms with Crippen molar-refractivity contribution in [3.63, 3.8) is 0 Å². The van der Waals surface area contributed by atoms with Crippen molar-refractivity contribution in [3.8, 4) is 0 Å². The Morgan fingerprint density at radius 2 is 1.95 bits per heavy atom. The van der Waals surface area contributed by atoms with Crippen LogP contribution < -0.4 is 0 Å². The summed E-state index contributed by atoms with van der Waals surface area (Å²) in [6.45, 7) is 1.70. The number of nitrogens with zero attached hydrogens (tertiary/aromatic N) is 2. The van der Waals surface area contributed by atoms with Crippen molar-refractivity contribution in [2.24, 2.45) is 4.99 Å². The van der Waals surface area contributed by atoms with Gasteiger partial charge in [-0.2, -0.15) is 0 Å². The Bertz CT molecular complexity index is 495. The van der Waals surface area contributed by atoms with Gasteiger partial charge in [0.25, 0.3) is 5.91 Å². The van der Waals surface area contributed by atoms with Gasteiger partial charge in [0.2, 0.25) is 0 Å². The average molecular weight is 370 g/mol. The fourth-order valence-corrected chi connectivity index (χ4v) is 2.91. The van der Waals surface area contributed by atoms with Crippen LogP contribution in [-0.4, -0.2) is 36.3 Å². The molecular weight excluding hydrogens is 355 g/mol. The minimum atomic E-state index is -0.418. The zero-order valence-corrected chi connectivity index (χ0v) is 12.6. The Hall–Kier alpha value is -1.11. The number of hydrogen-bond donors (Lipinski definition) is 0. The number of carbonyl (C=O) groups is 1. The van der Waals surface area contributed by atoms with E-state index in [1.165, 1.54) is 9.97 Å². The van der Waals surface area contributed by atoms with Gasteiger partial charge < -0.3 is 9.64 Å². The molecule has 0 aromatic heterocycles. The second-order valence-corrected chi connectivity index (χ2v) is 6.09. The average Bonchev–Trinajstić information content (AvgIpc) is 3.10. The topological polar surface area (TPSA) is 41.9 Å². The standard InChI is InChI=1S/C14H15IN2O2/c15-11-5-3-10(4-6-11)13-12(16-9-19-13)14(18)17-7-1-2-8-17/h3-6,9,12-13H,1-2,7-8H2/t12-,13+/m0/s1. The first-order valence-electron chi connectivity index (χ1n) is 6.47. The summed E-state index contributed by atoms with van der Waals surface area (Å²) in [4.78, 5) is 18.5. The first kappa shape index (κ1) is 12.9. The number of rotatable bonds is 2. The van der Waals surface area contributed by atoms with Gasteiger partial charge in [0.15, 0.2) is 18.5 Å². The predicted molar refractivity (Wildman–Crippen MR) is 81.1 cm³/mol. The van der Waals surface area contributed by atoms with Gasteiger partial charge >= 0.3 is 0 Å². The Balaban J connectivity index is 1.78. The molecule has 0 spiro atoms. The molecule has 2 aliphatic heterocycles. The highest BCUT2D eigenvalue weighted by molar-refractivity contribution is 14.1. The number of hydrogen-bond acceptors (Lipinski definition) is 3. The van der Waals surface area contributed by atoms with E-state index in [4.69, 9.17) is 4.74 Å². The van der Waals surface area contributed by atoms with Crippen molar-refractivity contribution in [2.75, 3.05) is 13.1 Å². The molecule has 1 aromatic carbocycles. The van der Waals surface area contributed by atoms with E-state index in [-0.39, 0.29) is 12.0 Å². The number of benzene rings is 1. The van der Waals surface area contributed by atoms with Gasteiger partial charge in [-0.3, -0.25) is 4.79 Å². The molecule has 3 rings (SSSR count). The maximum atomic E-state index is 12.4. The van der Waals surface area contributed by atoms with Crippen LogP contribution in [0.4, 0.5) is 0 Å². The minimum absolute atomic E-state index is 0.0924. The van der Waals surface area contributed by atoms with Crippen LogP contribution in [-0.2, 0) is 9.53 Å². The highest BCUT2D eigenvalue weighted by atomic mass is 127. The third-order valence-electron chi connectivity index (χ3n) is 3.58. The summed E-state index contributed by atoms with van der Waals surface area (Å²) >= 11 is 2.26. The molecule has 0 bridgehead atoms. The lowest BCUT2D eigenvalue weighted by molar-refractivity contribution is -0.133. The Kier molecular flexibility index (Phi) is 3.72. The SMILES string of the molecule is O=C([C@H]1N=CO[C@@H]1c1ccc(I)cc1)N1CCCC1. The van der Waals surface area contributed by atoms with Crippen molar-refractivity contribution in [1.29, 1.82) is 0 Å². The van der Waals surface area contributed by atoms with E-state index in [9.17, 15) is 4.79 Å². The Labute approximate surface area is 126 Å². The van der Waals surface area contributed by atoms with Crippen molar-refractivity contribution >= 4 is 34.9 Å². The number of carbonyl (C=O) groups excluding carboxylic acids is 1. The second kappa shape index (κ2) is 5.48. The quantitative estimate of drug-likeness (QED) is 0.751. The van der Waals surface area contributed by atoms with Gasteiger partial charge in [-0.25, -0.2) is 4.99 Å². The van der Waals surface area contributed by atoms with E-state index in [0.717, 1.165) is 31.5 Å². The van der Waals surface area contributed by atoms with E-state index < -0.39 is 6.04 Å². The summed E-state index contributed by atoms with van der Waals surface area (Å²) in [6.07, 6.45) is 3.33. The van der Waals surface area contributed by atoms with E-state index in [1.807, 2.05) is 29.2 Å². The summed E-state index contributed by atoms with van der Waals surface area (Å²) in [6, 6.07) is 7.64. The number of amides is 1. The molecule has 19 heavy (non-hydrogen) atoms. The molecule has 0 unspecified atom stereocenters. The third-order valence-corrected chi connectivity index (χ3v) is 4.30. The molecule has 0 saturated carbocycles. The lowest BCUT2D eigenvalue weighted by Crippen LogP contribution is -2.38. The first-order chi connectivity index (χ1) is 9.25. The van der Waals surface area contributed by atoms with Crippen LogP contribution in [0.5, 0.6) is 0 Å². The maximum absolute atomic E-state index is 12.4. The molecule has 0 N–H and O–H groups in total. The number of ether oxygens (including phenoxy) is 1. The van der Waals surface area contributed by atoms with Gasteiger partial charge in [-0.05, 0) is 53.1 Å². The molecule has 1 fully saturated rings. The molecule has 0 radical (unpaired) electrons. The first-order valence-corrected chi connectivity index (χ1v) is 7.55. The lowest BCUT2D eigenvalue weighted by atomic mass is 10.0. The van der Waals surface area contributed by atoms with Crippen LogP contribution in [0.15, 0.2) is 29.3 Å². The van der Waals surface area contributed by atoms with Crippen LogP contribution >= 0.6 is 22.6 Å². The van der Waals surface area contributed by atoms with E-state index in [0.29, 0.717) is 0 Å². The van der Waals surface area contributed by atoms with E-state index >= 15 is 0 Å². The molecule has 100 valence electrons. The van der Waals surface area contributed by atoms with Crippen LogP contribution in [0.2, 0.25) is 0 Å². The van der Waals surface area contributed by atoms with Gasteiger partial charge in [-0.15, -0.1) is 0 Å². The molecular formula is C14H15IN2O2. The fraction of sp³-hybridized carbons (Fsp3) is 0.429. The summed E-state index contributed by atoms with van der Waals surface area (Å²) in [5.74, 6) is 0.0924. The Morgan fingerprint density at radius 3 is 2.63 bits per heavy atom. The zero-order valence-electron chi connectivity index (χ0n) is 10.5. The molecule has 2 atom stereocenters. The van der Waals surface area contributed by atoms with Gasteiger partial charge in [-0.1, -0.05) is 12.1 Å². The molecule has 5 heteroatoms. The summed E-state index contributed by atoms with van der Waals surface area (Å²) in [7, 11) is 0. The number of aliphatic imine (C=N–C) groups is 1. The Morgan fingerprint density at radius 1 is 1.26 bits per heavy atom. The molecule has 1 amide bonds. The largest absolute Gasteiger partial charge is 0.473 e. The minimum Gasteiger partial charge on any atom is -0.473 e. The van der Waals surface area contributed by atoms with Crippen molar-refractivity contribution < 1.29 is 9.53 Å². The predicted octanol–water partition coefficient (Wildman–Crippen LogP) is 2.38. The van der Waals surface area contributed by atoms with Crippen LogP contribution in [0.25, 0.3) is 0 Å². The van der Waals surface area contributed by atoms with Gasteiger partial charge in [0.05, 0.1) is 0 Å². The van der Waals surface area contributed by atoms with Crippen LogP contribution in [0.3, 0.4) is 0 Å². The third kappa shape index (κ3) is 2.61. The fourth-order valence-electron chi connectivity index (χ4n) is 2.55. The highest BCUT2D eigenvalue weighted by Gasteiger charge is 2.37. The van der Waals surface area contributed by atoms with Crippen molar-refractivity contribution in [3.05, 3.63) is 33.4 Å². The number of likely N-dealkylation sites (tertiary alicyclic amines) is 1. The number of halogens is 1. The maximum Gasteiger partial charge on any atom is 0.251 e. The normalized spacial score (nSPS) is 25.6. The second-order valence-electron chi connectivity index (χ2n) is 4.84.